The highest BCUT2D eigenvalue weighted by Crippen LogP contribution is 2.35. The maximum atomic E-state index is 13.1. The summed E-state index contributed by atoms with van der Waals surface area (Å²) in [4.78, 5) is 41.8. The van der Waals surface area contributed by atoms with E-state index in [1.165, 1.54) is 36.0 Å². The Morgan fingerprint density at radius 3 is 2.17 bits per heavy atom. The number of nitrogens with zero attached hydrogens (tertiary/aromatic N) is 2. The zero-order valence-corrected chi connectivity index (χ0v) is 20.1. The average molecular weight is 503 g/mol. The minimum absolute atomic E-state index is 0.163. The highest BCUT2D eigenvalue weighted by Gasteiger charge is 2.32. The van der Waals surface area contributed by atoms with Gasteiger partial charge in [0.05, 0.1) is 21.7 Å². The molecule has 3 aromatic rings. The minimum Gasteiger partial charge on any atom is -0.488 e. The third-order valence-corrected chi connectivity index (χ3v) is 6.35. The quantitative estimate of drug-likeness (QED) is 0.402. The lowest BCUT2D eigenvalue weighted by atomic mass is 10.1. The predicted octanol–water partition coefficient (Wildman–Crippen LogP) is 5.29. The molecule has 0 aromatic heterocycles. The molecule has 2 N–H and O–H groups in total. The van der Waals surface area contributed by atoms with Crippen molar-refractivity contribution in [2.24, 2.45) is 4.99 Å². The Balaban J connectivity index is 1.54. The number of aliphatic imine (C=N–C) groups is 1. The molecule has 1 amide bonds. The van der Waals surface area contributed by atoms with Crippen LogP contribution in [0.1, 0.15) is 38.8 Å². The second-order valence-corrected chi connectivity index (χ2v) is 8.74. The summed E-state index contributed by atoms with van der Waals surface area (Å²) in [5.74, 6) is -1.60. The highest BCUT2D eigenvalue weighted by atomic mass is 32.2. The molecule has 1 fully saturated rings. The Morgan fingerprint density at radius 1 is 0.944 bits per heavy atom. The number of rotatable bonds is 8. The van der Waals surface area contributed by atoms with Gasteiger partial charge in [-0.25, -0.2) is 14.6 Å². The van der Waals surface area contributed by atoms with Crippen LogP contribution in [-0.4, -0.2) is 44.7 Å². The number of thioether (sulfide) groups is 1. The van der Waals surface area contributed by atoms with E-state index in [1.807, 2.05) is 25.1 Å². The number of carboxylic acid groups (broad SMARTS) is 2. The molecule has 8 nitrogen and oxygen atoms in total. The summed E-state index contributed by atoms with van der Waals surface area (Å²) >= 11 is 1.24. The van der Waals surface area contributed by atoms with E-state index in [0.29, 0.717) is 28.1 Å². The molecule has 0 unspecified atom stereocenters. The van der Waals surface area contributed by atoms with E-state index >= 15 is 0 Å². The molecule has 1 aliphatic rings. The topological polar surface area (TPSA) is 117 Å². The molecule has 0 spiro atoms. The summed E-state index contributed by atoms with van der Waals surface area (Å²) in [6.07, 6.45) is 1.76. The standard InChI is InChI=1S/C27H22N2O6S/c1-2-29-24(30)23(36-27(29)28-21-13-11-19(12-14-21)26(33)34)15-20-5-3-4-6-22(20)35-16-17-7-9-18(10-8-17)25(31)32/h3-15H,2,16H2,1H3,(H,31,32)(H,33,34). The summed E-state index contributed by atoms with van der Waals surface area (Å²) in [5.41, 5.74) is 2.45. The summed E-state index contributed by atoms with van der Waals surface area (Å²) in [6, 6.07) is 19.9. The van der Waals surface area contributed by atoms with E-state index in [1.54, 1.807) is 41.3 Å². The van der Waals surface area contributed by atoms with Crippen LogP contribution in [0.15, 0.2) is 82.7 Å². The first-order valence-corrected chi connectivity index (χ1v) is 11.8. The molecule has 0 bridgehead atoms. The first-order valence-electron chi connectivity index (χ1n) is 11.0. The van der Waals surface area contributed by atoms with Crippen LogP contribution < -0.4 is 4.74 Å². The number of amides is 1. The molecule has 9 heteroatoms. The normalized spacial score (nSPS) is 15.5. The number of hydrogen-bond acceptors (Lipinski definition) is 6. The van der Waals surface area contributed by atoms with Gasteiger partial charge in [0.15, 0.2) is 5.17 Å². The van der Waals surface area contributed by atoms with Gasteiger partial charge in [-0.05, 0) is 72.8 Å². The van der Waals surface area contributed by atoms with Gasteiger partial charge in [-0.2, -0.15) is 0 Å². The molecular weight excluding hydrogens is 480 g/mol. The van der Waals surface area contributed by atoms with Crippen molar-refractivity contribution in [1.29, 1.82) is 0 Å². The number of benzene rings is 3. The second-order valence-electron chi connectivity index (χ2n) is 7.74. The van der Waals surface area contributed by atoms with Crippen LogP contribution in [0.2, 0.25) is 0 Å². The molecule has 0 radical (unpaired) electrons. The molecule has 4 rings (SSSR count). The molecule has 0 saturated carbocycles. The van der Waals surface area contributed by atoms with Gasteiger partial charge in [-0.3, -0.25) is 9.69 Å². The fraction of sp³-hybridized carbons (Fsp3) is 0.111. The summed E-state index contributed by atoms with van der Waals surface area (Å²) < 4.78 is 5.97. The summed E-state index contributed by atoms with van der Waals surface area (Å²) in [5, 5.41) is 18.6. The van der Waals surface area contributed by atoms with Crippen LogP contribution in [-0.2, 0) is 11.4 Å². The van der Waals surface area contributed by atoms with Gasteiger partial charge < -0.3 is 14.9 Å². The lowest BCUT2D eigenvalue weighted by molar-refractivity contribution is -0.122. The van der Waals surface area contributed by atoms with Crippen molar-refractivity contribution in [2.75, 3.05) is 6.54 Å². The first kappa shape index (κ1) is 24.7. The van der Waals surface area contributed by atoms with Crippen molar-refractivity contribution in [3.8, 4) is 5.75 Å². The van der Waals surface area contributed by atoms with Crippen LogP contribution in [0.5, 0.6) is 5.75 Å². The lowest BCUT2D eigenvalue weighted by Crippen LogP contribution is -2.28. The van der Waals surface area contributed by atoms with Crippen molar-refractivity contribution in [2.45, 2.75) is 13.5 Å². The number of carboxylic acids is 2. The zero-order chi connectivity index (χ0) is 25.7. The Labute approximate surface area is 211 Å². The molecule has 1 aliphatic heterocycles. The monoisotopic (exact) mass is 502 g/mol. The van der Waals surface area contributed by atoms with E-state index in [-0.39, 0.29) is 23.6 Å². The second kappa shape index (κ2) is 10.9. The van der Waals surface area contributed by atoms with Crippen LogP contribution >= 0.6 is 11.8 Å². The Bertz CT molecular complexity index is 1360. The number of para-hydroxylation sites is 1. The minimum atomic E-state index is -1.02. The SMILES string of the molecule is CCN1C(=O)C(=Cc2ccccc2OCc2ccc(C(=O)O)cc2)SC1=Nc1ccc(C(=O)O)cc1. The third kappa shape index (κ3) is 5.64. The van der Waals surface area contributed by atoms with Crippen molar-refractivity contribution in [3.63, 3.8) is 0 Å². The third-order valence-electron chi connectivity index (χ3n) is 5.34. The number of aromatic carboxylic acids is 2. The maximum absolute atomic E-state index is 13.1. The molecule has 0 aliphatic carbocycles. The van der Waals surface area contributed by atoms with Crippen LogP contribution in [0.3, 0.4) is 0 Å². The van der Waals surface area contributed by atoms with Gasteiger partial charge in [-0.1, -0.05) is 30.3 Å². The molecular formula is C27H22N2O6S. The number of amidine groups is 1. The fourth-order valence-electron chi connectivity index (χ4n) is 3.44. The van der Waals surface area contributed by atoms with Crippen LogP contribution in [0.4, 0.5) is 5.69 Å². The van der Waals surface area contributed by atoms with Gasteiger partial charge in [0, 0.05) is 12.1 Å². The molecule has 3 aromatic carbocycles. The van der Waals surface area contributed by atoms with E-state index in [0.717, 1.165) is 11.1 Å². The fourth-order valence-corrected chi connectivity index (χ4v) is 4.49. The number of hydrogen-bond donors (Lipinski definition) is 2. The van der Waals surface area contributed by atoms with E-state index in [9.17, 15) is 14.4 Å². The number of carbonyl (C=O) groups excluding carboxylic acids is 1. The summed E-state index contributed by atoms with van der Waals surface area (Å²) in [6.45, 7) is 2.53. The van der Waals surface area contributed by atoms with Crippen LogP contribution in [0.25, 0.3) is 6.08 Å². The van der Waals surface area contributed by atoms with Crippen molar-refractivity contribution >= 4 is 46.5 Å². The molecule has 182 valence electrons. The van der Waals surface area contributed by atoms with E-state index in [2.05, 4.69) is 4.99 Å². The van der Waals surface area contributed by atoms with Gasteiger partial charge in [-0.15, -0.1) is 0 Å². The molecule has 36 heavy (non-hydrogen) atoms. The molecule has 1 heterocycles. The Morgan fingerprint density at radius 2 is 1.56 bits per heavy atom. The Kier molecular flexibility index (Phi) is 7.50. The Hall–Kier alpha value is -4.37. The number of carbonyl (C=O) groups is 3. The lowest BCUT2D eigenvalue weighted by Gasteiger charge is -2.12. The predicted molar refractivity (Wildman–Crippen MR) is 138 cm³/mol. The molecule has 0 atom stereocenters. The molecule has 1 saturated heterocycles. The van der Waals surface area contributed by atoms with E-state index in [4.69, 9.17) is 14.9 Å². The van der Waals surface area contributed by atoms with Crippen molar-refractivity contribution < 1.29 is 29.3 Å². The number of ether oxygens (including phenoxy) is 1. The average Bonchev–Trinajstić information content (AvgIpc) is 3.17. The first-order chi connectivity index (χ1) is 17.4. The van der Waals surface area contributed by atoms with Gasteiger partial charge in [0.2, 0.25) is 0 Å². The van der Waals surface area contributed by atoms with Gasteiger partial charge in [0.25, 0.3) is 5.91 Å². The summed E-state index contributed by atoms with van der Waals surface area (Å²) in [7, 11) is 0. The maximum Gasteiger partial charge on any atom is 0.335 e. The van der Waals surface area contributed by atoms with Crippen molar-refractivity contribution in [1.82, 2.24) is 4.90 Å². The number of likely N-dealkylation sites (N-methyl/N-ethyl adjacent to an activating group) is 1. The van der Waals surface area contributed by atoms with Crippen LogP contribution in [0, 0.1) is 0 Å². The largest absolute Gasteiger partial charge is 0.488 e. The highest BCUT2D eigenvalue weighted by molar-refractivity contribution is 8.18. The van der Waals surface area contributed by atoms with Gasteiger partial charge in [0.1, 0.15) is 12.4 Å². The van der Waals surface area contributed by atoms with Crippen molar-refractivity contribution in [3.05, 3.63) is 100.0 Å². The van der Waals surface area contributed by atoms with E-state index < -0.39 is 11.9 Å². The zero-order valence-electron chi connectivity index (χ0n) is 19.2. The van der Waals surface area contributed by atoms with Gasteiger partial charge >= 0.3 is 11.9 Å². The smallest absolute Gasteiger partial charge is 0.335 e.